The van der Waals surface area contributed by atoms with Crippen molar-refractivity contribution >= 4 is 17.9 Å². The fourth-order valence-electron chi connectivity index (χ4n) is 6.33. The summed E-state index contributed by atoms with van der Waals surface area (Å²) in [6, 6.07) is 0. The maximum atomic E-state index is 12.7. The third-order valence-corrected chi connectivity index (χ3v) is 9.93. The summed E-state index contributed by atoms with van der Waals surface area (Å²) in [6.07, 6.45) is 57.5. The smallest absolute Gasteiger partial charge is 0.306 e. The van der Waals surface area contributed by atoms with E-state index in [0.29, 0.717) is 19.3 Å². The predicted octanol–water partition coefficient (Wildman–Crippen LogP) is 15.5. The maximum Gasteiger partial charge on any atom is 0.306 e. The maximum absolute atomic E-state index is 12.7. The summed E-state index contributed by atoms with van der Waals surface area (Å²) in [6.45, 7) is 6.41. The molecular formula is C52H88O6. The zero-order valence-corrected chi connectivity index (χ0v) is 37.8. The number of carbonyl (C=O) groups excluding carboxylic acids is 3. The highest BCUT2D eigenvalue weighted by molar-refractivity contribution is 5.71. The van der Waals surface area contributed by atoms with E-state index in [1.54, 1.807) is 0 Å². The molecule has 0 aromatic rings. The van der Waals surface area contributed by atoms with Crippen LogP contribution < -0.4 is 0 Å². The van der Waals surface area contributed by atoms with Gasteiger partial charge in [-0.25, -0.2) is 0 Å². The van der Waals surface area contributed by atoms with Crippen molar-refractivity contribution in [2.75, 3.05) is 13.2 Å². The summed E-state index contributed by atoms with van der Waals surface area (Å²) in [5.41, 5.74) is 0. The fourth-order valence-corrected chi connectivity index (χ4v) is 6.33. The van der Waals surface area contributed by atoms with Crippen LogP contribution in [0.15, 0.2) is 72.9 Å². The molecule has 0 aromatic heterocycles. The van der Waals surface area contributed by atoms with Crippen LogP contribution in [-0.4, -0.2) is 37.2 Å². The summed E-state index contributed by atoms with van der Waals surface area (Å²) >= 11 is 0. The number of rotatable bonds is 42. The fraction of sp³-hybridized carbons (Fsp3) is 0.712. The Balaban J connectivity index is 4.51. The van der Waals surface area contributed by atoms with Crippen LogP contribution in [0.1, 0.15) is 220 Å². The van der Waals surface area contributed by atoms with Gasteiger partial charge in [-0.2, -0.15) is 0 Å². The second-order valence-corrected chi connectivity index (χ2v) is 15.6. The number of hydrogen-bond acceptors (Lipinski definition) is 6. The Labute approximate surface area is 357 Å². The third-order valence-electron chi connectivity index (χ3n) is 9.93. The van der Waals surface area contributed by atoms with Crippen molar-refractivity contribution in [1.82, 2.24) is 0 Å². The summed E-state index contributed by atoms with van der Waals surface area (Å²) < 4.78 is 16.6. The standard InChI is InChI=1S/C52H88O6/c1-4-7-10-13-16-19-22-25-28-30-33-36-39-42-45-51(54)57-48-49(58-52(55)46-43-40-37-34-31-27-24-21-18-15-12-9-6-3)47-56-50(53)44-41-38-35-32-29-26-23-20-17-14-11-8-5-2/h7,10,16,19,25-29,31,37,40,49H,4-6,8-9,11-15,17-18,20-24,30,32-36,38-39,41-48H2,1-3H3/b10-7-,19-16-,28-25-,29-26-,31-27-,40-37-. The van der Waals surface area contributed by atoms with Gasteiger partial charge in [0.15, 0.2) is 6.10 Å². The molecule has 0 aliphatic carbocycles. The lowest BCUT2D eigenvalue weighted by molar-refractivity contribution is -0.166. The lowest BCUT2D eigenvalue weighted by atomic mass is 10.1. The minimum absolute atomic E-state index is 0.114. The Bertz CT molecular complexity index is 1110. The molecule has 0 saturated heterocycles. The highest BCUT2D eigenvalue weighted by atomic mass is 16.6. The molecule has 0 aromatic carbocycles. The molecule has 1 atom stereocenters. The molecule has 0 saturated carbocycles. The van der Waals surface area contributed by atoms with Crippen molar-refractivity contribution in [3.8, 4) is 0 Å². The second-order valence-electron chi connectivity index (χ2n) is 15.6. The molecule has 0 fully saturated rings. The number of hydrogen-bond donors (Lipinski definition) is 0. The molecule has 0 bridgehead atoms. The third kappa shape index (κ3) is 44.0. The normalized spacial score (nSPS) is 12.7. The van der Waals surface area contributed by atoms with Gasteiger partial charge in [-0.05, 0) is 96.3 Å². The molecule has 0 N–H and O–H groups in total. The van der Waals surface area contributed by atoms with Crippen LogP contribution in [0.2, 0.25) is 0 Å². The van der Waals surface area contributed by atoms with Crippen molar-refractivity contribution in [3.05, 3.63) is 72.9 Å². The highest BCUT2D eigenvalue weighted by Crippen LogP contribution is 2.12. The molecule has 0 aliphatic heterocycles. The van der Waals surface area contributed by atoms with E-state index in [1.165, 1.54) is 77.0 Å². The lowest BCUT2D eigenvalue weighted by Crippen LogP contribution is -2.30. The number of carbonyl (C=O) groups is 3. The summed E-state index contributed by atoms with van der Waals surface area (Å²) in [5, 5.41) is 0. The van der Waals surface area contributed by atoms with E-state index in [2.05, 4.69) is 87.6 Å². The van der Waals surface area contributed by atoms with Crippen LogP contribution in [0, 0.1) is 0 Å². The van der Waals surface area contributed by atoms with E-state index in [9.17, 15) is 14.4 Å². The largest absolute Gasteiger partial charge is 0.462 e. The quantitative estimate of drug-likeness (QED) is 0.0264. The molecule has 6 nitrogen and oxygen atoms in total. The first kappa shape index (κ1) is 54.9. The molecule has 0 heterocycles. The van der Waals surface area contributed by atoms with Crippen molar-refractivity contribution in [3.63, 3.8) is 0 Å². The van der Waals surface area contributed by atoms with Gasteiger partial charge in [0.2, 0.25) is 0 Å². The molecule has 0 radical (unpaired) electrons. The Hall–Kier alpha value is -3.15. The van der Waals surface area contributed by atoms with Gasteiger partial charge in [-0.3, -0.25) is 14.4 Å². The Morgan fingerprint density at radius 3 is 1.16 bits per heavy atom. The number of allylic oxidation sites excluding steroid dienone is 12. The van der Waals surface area contributed by atoms with Crippen molar-refractivity contribution in [2.24, 2.45) is 0 Å². The van der Waals surface area contributed by atoms with Crippen molar-refractivity contribution < 1.29 is 28.6 Å². The van der Waals surface area contributed by atoms with E-state index in [1.807, 2.05) is 6.08 Å². The summed E-state index contributed by atoms with van der Waals surface area (Å²) in [4.78, 5) is 37.8. The first-order valence-corrected chi connectivity index (χ1v) is 23.9. The minimum Gasteiger partial charge on any atom is -0.462 e. The number of esters is 3. The van der Waals surface area contributed by atoms with Crippen molar-refractivity contribution in [2.45, 2.75) is 226 Å². The van der Waals surface area contributed by atoms with Gasteiger partial charge in [0, 0.05) is 19.3 Å². The van der Waals surface area contributed by atoms with Crippen molar-refractivity contribution in [1.29, 1.82) is 0 Å². The van der Waals surface area contributed by atoms with E-state index >= 15 is 0 Å². The van der Waals surface area contributed by atoms with E-state index in [-0.39, 0.29) is 37.5 Å². The Morgan fingerprint density at radius 1 is 0.362 bits per heavy atom. The van der Waals surface area contributed by atoms with Crippen LogP contribution in [0.25, 0.3) is 0 Å². The van der Waals surface area contributed by atoms with E-state index < -0.39 is 6.10 Å². The van der Waals surface area contributed by atoms with Crippen LogP contribution in [0.3, 0.4) is 0 Å². The van der Waals surface area contributed by atoms with Gasteiger partial charge in [0.25, 0.3) is 0 Å². The molecule has 0 aliphatic rings. The van der Waals surface area contributed by atoms with Gasteiger partial charge < -0.3 is 14.2 Å². The first-order chi connectivity index (χ1) is 28.5. The molecule has 6 heteroatoms. The second kappa shape index (κ2) is 46.5. The molecular weight excluding hydrogens is 721 g/mol. The van der Waals surface area contributed by atoms with Crippen LogP contribution in [0.4, 0.5) is 0 Å². The predicted molar refractivity (Wildman–Crippen MR) is 247 cm³/mol. The Morgan fingerprint density at radius 2 is 0.707 bits per heavy atom. The molecule has 0 spiro atoms. The van der Waals surface area contributed by atoms with Crippen LogP contribution in [-0.2, 0) is 28.6 Å². The molecule has 1 unspecified atom stereocenters. The lowest BCUT2D eigenvalue weighted by Gasteiger charge is -2.18. The topological polar surface area (TPSA) is 78.9 Å². The molecule has 0 amide bonds. The monoisotopic (exact) mass is 809 g/mol. The Kier molecular flexibility index (Phi) is 44.0. The average Bonchev–Trinajstić information content (AvgIpc) is 3.22. The van der Waals surface area contributed by atoms with E-state index in [0.717, 1.165) is 96.3 Å². The van der Waals surface area contributed by atoms with Gasteiger partial charge in [-0.15, -0.1) is 0 Å². The first-order valence-electron chi connectivity index (χ1n) is 23.9. The molecule has 332 valence electrons. The molecule has 0 rings (SSSR count). The molecule has 58 heavy (non-hydrogen) atoms. The average molecular weight is 809 g/mol. The summed E-state index contributed by atoms with van der Waals surface area (Å²) in [5.74, 6) is -1.02. The minimum atomic E-state index is -0.819. The number of ether oxygens (including phenoxy) is 3. The summed E-state index contributed by atoms with van der Waals surface area (Å²) in [7, 11) is 0. The van der Waals surface area contributed by atoms with Gasteiger partial charge in [0.05, 0.1) is 0 Å². The number of unbranched alkanes of at least 4 members (excludes halogenated alkanes) is 19. The zero-order valence-electron chi connectivity index (χ0n) is 37.8. The van der Waals surface area contributed by atoms with Gasteiger partial charge >= 0.3 is 17.9 Å². The van der Waals surface area contributed by atoms with Crippen LogP contribution in [0.5, 0.6) is 0 Å². The highest BCUT2D eigenvalue weighted by Gasteiger charge is 2.19. The van der Waals surface area contributed by atoms with E-state index in [4.69, 9.17) is 14.2 Å². The SMILES string of the molecule is CC/C=C\C/C=C\C/C=C\CCCCCCC(=O)OCC(COC(=O)CCCCC/C=C\CCCCCCCC)OC(=O)CC/C=C\C/C=C\CCCCCCCC. The zero-order chi connectivity index (χ0) is 42.3. The van der Waals surface area contributed by atoms with Gasteiger partial charge in [-0.1, -0.05) is 177 Å². The van der Waals surface area contributed by atoms with Crippen LogP contribution >= 0.6 is 0 Å². The van der Waals surface area contributed by atoms with Gasteiger partial charge in [0.1, 0.15) is 13.2 Å².